The third kappa shape index (κ3) is 3.58. The Labute approximate surface area is 146 Å². The number of hydrogen-bond donors (Lipinski definition) is 1. The lowest BCUT2D eigenvalue weighted by Crippen LogP contribution is -2.35. The van der Waals surface area contributed by atoms with E-state index >= 15 is 0 Å². The van der Waals surface area contributed by atoms with E-state index in [4.69, 9.17) is 10.2 Å². The molecule has 0 fully saturated rings. The van der Waals surface area contributed by atoms with E-state index in [1.807, 2.05) is 0 Å². The molecule has 0 aromatic carbocycles. The number of aromatic nitrogens is 2. The molecule has 2 aromatic rings. The van der Waals surface area contributed by atoms with Crippen LogP contribution in [0.5, 0.6) is 0 Å². The van der Waals surface area contributed by atoms with Crippen LogP contribution in [0, 0.1) is 5.92 Å². The summed E-state index contributed by atoms with van der Waals surface area (Å²) >= 11 is 0. The van der Waals surface area contributed by atoms with Crippen molar-refractivity contribution in [1.29, 1.82) is 0 Å². The van der Waals surface area contributed by atoms with Gasteiger partial charge in [0.1, 0.15) is 5.82 Å². The molecule has 1 atom stereocenters. The van der Waals surface area contributed by atoms with E-state index < -0.39 is 23.7 Å². The first-order valence-corrected chi connectivity index (χ1v) is 7.93. The molecule has 0 unspecified atom stereocenters. The molecule has 2 N–H and O–H groups in total. The maximum absolute atomic E-state index is 12.8. The van der Waals surface area contributed by atoms with Crippen molar-refractivity contribution in [1.82, 2.24) is 14.5 Å². The van der Waals surface area contributed by atoms with E-state index in [0.717, 1.165) is 6.20 Å². The lowest BCUT2D eigenvalue weighted by molar-refractivity contribution is -0.141. The van der Waals surface area contributed by atoms with Gasteiger partial charge in [0.25, 0.3) is 11.8 Å². The molecule has 140 valence electrons. The molecule has 0 saturated heterocycles. The number of halogens is 3. The summed E-state index contributed by atoms with van der Waals surface area (Å²) in [7, 11) is 1.57. The van der Waals surface area contributed by atoms with Gasteiger partial charge in [-0.2, -0.15) is 13.2 Å². The molecule has 0 saturated carbocycles. The minimum atomic E-state index is -4.47. The predicted molar refractivity (Wildman–Crippen MR) is 83.2 cm³/mol. The van der Waals surface area contributed by atoms with Crippen molar-refractivity contribution in [2.75, 3.05) is 13.6 Å². The minimum Gasteiger partial charge on any atom is -0.446 e. The molecule has 2 amide bonds. The van der Waals surface area contributed by atoms with Gasteiger partial charge in [-0.05, 0) is 24.5 Å². The standard InChI is InChI=1S/C16H17F3N4O3/c1-22(15(25)11-4-3-10(26-11)14(20)24)6-9-2-5-13-21-12(16(17,18)19)8-23(13)7-9/h3-4,8-9H,2,5-7H2,1H3,(H2,20,24)/t9-/m0/s1. The predicted octanol–water partition coefficient (Wildman–Crippen LogP) is 1.93. The summed E-state index contributed by atoms with van der Waals surface area (Å²) in [6, 6.07) is 2.68. The third-order valence-corrected chi connectivity index (χ3v) is 4.32. The Balaban J connectivity index is 1.65. The Morgan fingerprint density at radius 3 is 2.69 bits per heavy atom. The number of amides is 2. The van der Waals surface area contributed by atoms with Crippen molar-refractivity contribution >= 4 is 11.8 Å². The van der Waals surface area contributed by atoms with Crippen molar-refractivity contribution in [2.24, 2.45) is 11.7 Å². The van der Waals surface area contributed by atoms with Crippen molar-refractivity contribution in [2.45, 2.75) is 25.6 Å². The van der Waals surface area contributed by atoms with E-state index in [1.54, 1.807) is 7.05 Å². The topological polar surface area (TPSA) is 94.4 Å². The van der Waals surface area contributed by atoms with E-state index in [-0.39, 0.29) is 17.4 Å². The fourth-order valence-corrected chi connectivity index (χ4v) is 3.04. The quantitative estimate of drug-likeness (QED) is 0.890. The van der Waals surface area contributed by atoms with Crippen LogP contribution in [0.1, 0.15) is 39.0 Å². The van der Waals surface area contributed by atoms with E-state index in [0.29, 0.717) is 31.8 Å². The molecule has 0 radical (unpaired) electrons. The Morgan fingerprint density at radius 1 is 1.38 bits per heavy atom. The fourth-order valence-electron chi connectivity index (χ4n) is 3.04. The van der Waals surface area contributed by atoms with Crippen molar-refractivity contribution in [3.8, 4) is 0 Å². The van der Waals surface area contributed by atoms with Gasteiger partial charge in [0, 0.05) is 32.8 Å². The molecule has 1 aliphatic rings. The number of carbonyl (C=O) groups excluding carboxylic acids is 2. The van der Waals surface area contributed by atoms with Crippen molar-refractivity contribution in [3.63, 3.8) is 0 Å². The number of rotatable bonds is 4. The Kier molecular flexibility index (Phi) is 4.51. The lowest BCUT2D eigenvalue weighted by Gasteiger charge is -2.27. The first-order valence-electron chi connectivity index (χ1n) is 7.93. The van der Waals surface area contributed by atoms with E-state index in [1.165, 1.54) is 21.6 Å². The van der Waals surface area contributed by atoms with Crippen LogP contribution in [0.2, 0.25) is 0 Å². The molecule has 0 spiro atoms. The van der Waals surface area contributed by atoms with Crippen LogP contribution >= 0.6 is 0 Å². The van der Waals surface area contributed by atoms with Crippen LogP contribution in [0.15, 0.2) is 22.7 Å². The molecular formula is C16H17F3N4O3. The number of alkyl halides is 3. The molecule has 0 bridgehead atoms. The average Bonchev–Trinajstić information content (AvgIpc) is 3.20. The second-order valence-electron chi connectivity index (χ2n) is 6.31. The van der Waals surface area contributed by atoms with Gasteiger partial charge in [-0.1, -0.05) is 0 Å². The van der Waals surface area contributed by atoms with Gasteiger partial charge in [-0.15, -0.1) is 0 Å². The third-order valence-electron chi connectivity index (χ3n) is 4.32. The number of nitrogens with two attached hydrogens (primary N) is 1. The molecule has 0 aliphatic carbocycles. The van der Waals surface area contributed by atoms with E-state index in [9.17, 15) is 22.8 Å². The van der Waals surface area contributed by atoms with Crippen molar-refractivity contribution in [3.05, 3.63) is 41.4 Å². The molecule has 3 heterocycles. The van der Waals surface area contributed by atoms with Crippen LogP contribution in [0.3, 0.4) is 0 Å². The average molecular weight is 370 g/mol. The number of fused-ring (bicyclic) bond motifs is 1. The number of nitrogens with zero attached hydrogens (tertiary/aromatic N) is 3. The fraction of sp³-hybridized carbons (Fsp3) is 0.438. The van der Waals surface area contributed by atoms with Crippen LogP contribution in [-0.2, 0) is 19.1 Å². The number of imidazole rings is 1. The number of furan rings is 1. The van der Waals surface area contributed by atoms with Gasteiger partial charge in [0.05, 0.1) is 0 Å². The molecule has 1 aliphatic heterocycles. The first kappa shape index (κ1) is 18.0. The Bertz CT molecular complexity index is 840. The molecule has 10 heteroatoms. The highest BCUT2D eigenvalue weighted by Crippen LogP contribution is 2.30. The monoisotopic (exact) mass is 370 g/mol. The maximum atomic E-state index is 12.8. The second kappa shape index (κ2) is 6.50. The summed E-state index contributed by atoms with van der Waals surface area (Å²) < 4.78 is 44.9. The molecular weight excluding hydrogens is 353 g/mol. The molecule has 3 rings (SSSR count). The molecule has 2 aromatic heterocycles. The van der Waals surface area contributed by atoms with Gasteiger partial charge >= 0.3 is 6.18 Å². The Hall–Kier alpha value is -2.78. The van der Waals surface area contributed by atoms with Gasteiger partial charge in [0.15, 0.2) is 17.2 Å². The van der Waals surface area contributed by atoms with Crippen LogP contribution in [0.4, 0.5) is 13.2 Å². The zero-order chi connectivity index (χ0) is 19.1. The zero-order valence-electron chi connectivity index (χ0n) is 13.9. The van der Waals surface area contributed by atoms with Crippen molar-refractivity contribution < 1.29 is 27.2 Å². The highest BCUT2D eigenvalue weighted by molar-refractivity contribution is 5.94. The number of primary amides is 1. The van der Waals surface area contributed by atoms with Crippen LogP contribution in [-0.4, -0.2) is 39.9 Å². The SMILES string of the molecule is CN(C[C@@H]1CCc2nc(C(F)(F)F)cn2C1)C(=O)c1ccc(C(N)=O)o1. The van der Waals surface area contributed by atoms with Gasteiger partial charge in [-0.3, -0.25) is 9.59 Å². The van der Waals surface area contributed by atoms with Crippen LogP contribution < -0.4 is 5.73 Å². The minimum absolute atomic E-state index is 0.0141. The molecule has 7 nitrogen and oxygen atoms in total. The zero-order valence-corrected chi connectivity index (χ0v) is 13.9. The number of hydrogen-bond acceptors (Lipinski definition) is 4. The maximum Gasteiger partial charge on any atom is 0.434 e. The number of aryl methyl sites for hydroxylation is 1. The highest BCUT2D eigenvalue weighted by Gasteiger charge is 2.36. The number of carbonyl (C=O) groups is 2. The highest BCUT2D eigenvalue weighted by atomic mass is 19.4. The first-order chi connectivity index (χ1) is 12.1. The normalized spacial score (nSPS) is 17.0. The van der Waals surface area contributed by atoms with Gasteiger partial charge < -0.3 is 19.6 Å². The summed E-state index contributed by atoms with van der Waals surface area (Å²) in [5.74, 6) is -0.934. The summed E-state index contributed by atoms with van der Waals surface area (Å²) in [5, 5.41) is 0. The summed E-state index contributed by atoms with van der Waals surface area (Å²) in [6.45, 7) is 0.686. The van der Waals surface area contributed by atoms with Gasteiger partial charge in [0.2, 0.25) is 0 Å². The van der Waals surface area contributed by atoms with Gasteiger partial charge in [-0.25, -0.2) is 4.98 Å². The smallest absolute Gasteiger partial charge is 0.434 e. The largest absolute Gasteiger partial charge is 0.446 e. The van der Waals surface area contributed by atoms with E-state index in [2.05, 4.69) is 4.98 Å². The summed E-state index contributed by atoms with van der Waals surface area (Å²) in [5.41, 5.74) is 4.19. The summed E-state index contributed by atoms with van der Waals surface area (Å²) in [6.07, 6.45) is -2.43. The lowest BCUT2D eigenvalue weighted by atomic mass is 9.99. The summed E-state index contributed by atoms with van der Waals surface area (Å²) in [4.78, 5) is 28.4. The Morgan fingerprint density at radius 2 is 2.08 bits per heavy atom. The van der Waals surface area contributed by atoms with Crippen LogP contribution in [0.25, 0.3) is 0 Å². The molecule has 26 heavy (non-hydrogen) atoms. The second-order valence-corrected chi connectivity index (χ2v) is 6.31.